The first-order valence-electron chi connectivity index (χ1n) is 10.9. The van der Waals surface area contributed by atoms with Gasteiger partial charge >= 0.3 is 0 Å². The Morgan fingerprint density at radius 1 is 1.06 bits per heavy atom. The van der Waals surface area contributed by atoms with E-state index in [-0.39, 0.29) is 17.9 Å². The number of aryl methyl sites for hydroxylation is 1. The van der Waals surface area contributed by atoms with E-state index in [1.165, 1.54) is 0 Å². The van der Waals surface area contributed by atoms with E-state index in [1.807, 2.05) is 62.4 Å². The predicted molar refractivity (Wildman–Crippen MR) is 120 cm³/mol. The van der Waals surface area contributed by atoms with E-state index < -0.39 is 0 Å². The summed E-state index contributed by atoms with van der Waals surface area (Å²) < 4.78 is 7.03. The lowest BCUT2D eigenvalue weighted by Crippen LogP contribution is -2.46. The lowest BCUT2D eigenvalue weighted by Gasteiger charge is -2.31. The minimum atomic E-state index is -0.148. The fourth-order valence-electron chi connectivity index (χ4n) is 3.71. The van der Waals surface area contributed by atoms with E-state index in [4.69, 9.17) is 4.74 Å². The molecule has 1 aliphatic rings. The first-order valence-corrected chi connectivity index (χ1v) is 10.9. The van der Waals surface area contributed by atoms with Crippen LogP contribution in [-0.4, -0.2) is 57.4 Å². The summed E-state index contributed by atoms with van der Waals surface area (Å²) in [6.07, 6.45) is 3.05. The second kappa shape index (κ2) is 9.64. The molecule has 32 heavy (non-hydrogen) atoms. The normalized spacial score (nSPS) is 14.2. The molecule has 0 radical (unpaired) electrons. The molecule has 1 saturated heterocycles. The number of rotatable bonds is 6. The molecular weight excluding hydrogens is 406 g/mol. The van der Waals surface area contributed by atoms with Gasteiger partial charge in [-0.2, -0.15) is 0 Å². The van der Waals surface area contributed by atoms with Crippen LogP contribution in [0.3, 0.4) is 0 Å². The third-order valence-electron chi connectivity index (χ3n) is 5.56. The van der Waals surface area contributed by atoms with Crippen LogP contribution in [0.2, 0.25) is 0 Å². The Hall–Kier alpha value is -3.68. The number of amides is 2. The van der Waals surface area contributed by atoms with Crippen molar-refractivity contribution in [3.63, 3.8) is 0 Å². The van der Waals surface area contributed by atoms with Crippen LogP contribution in [0.25, 0.3) is 5.69 Å². The number of benzene rings is 2. The van der Waals surface area contributed by atoms with Crippen molar-refractivity contribution in [2.75, 3.05) is 19.7 Å². The average Bonchev–Trinajstić information content (AvgIpc) is 3.30. The van der Waals surface area contributed by atoms with Gasteiger partial charge in [0.25, 0.3) is 11.8 Å². The number of carbonyl (C=O) groups excluding carboxylic acids is 2. The summed E-state index contributed by atoms with van der Waals surface area (Å²) in [7, 11) is 0. The lowest BCUT2D eigenvalue weighted by atomic mass is 10.0. The van der Waals surface area contributed by atoms with Gasteiger partial charge in [-0.25, -0.2) is 4.68 Å². The van der Waals surface area contributed by atoms with Crippen LogP contribution in [0, 0.1) is 6.92 Å². The molecule has 1 N–H and O–H groups in total. The number of hydrogen-bond donors (Lipinski definition) is 1. The standard InChI is InChI=1S/C24H27N5O3/c1-3-32-21-10-8-20(9-11-21)29-16-22(26-27-29)24(31)28-14-12-19(13-15-28)25-23(30)18-6-4-17(2)5-7-18/h4-11,16,19H,3,12-15H2,1-2H3,(H,25,30). The number of ether oxygens (including phenoxy) is 1. The van der Waals surface area contributed by atoms with Gasteiger partial charge < -0.3 is 15.0 Å². The second-order valence-electron chi connectivity index (χ2n) is 7.88. The molecule has 1 aliphatic heterocycles. The summed E-state index contributed by atoms with van der Waals surface area (Å²) in [5, 5.41) is 11.2. The minimum absolute atomic E-state index is 0.0485. The van der Waals surface area contributed by atoms with E-state index in [1.54, 1.807) is 15.8 Å². The van der Waals surface area contributed by atoms with Crippen molar-refractivity contribution in [1.29, 1.82) is 0 Å². The van der Waals surface area contributed by atoms with Gasteiger partial charge in [0.15, 0.2) is 5.69 Å². The molecule has 0 atom stereocenters. The van der Waals surface area contributed by atoms with Crippen LogP contribution in [-0.2, 0) is 0 Å². The quantitative estimate of drug-likeness (QED) is 0.646. The molecule has 2 amide bonds. The monoisotopic (exact) mass is 433 g/mol. The van der Waals surface area contributed by atoms with Crippen molar-refractivity contribution in [1.82, 2.24) is 25.2 Å². The Balaban J connectivity index is 1.31. The first kappa shape index (κ1) is 21.5. The minimum Gasteiger partial charge on any atom is -0.494 e. The Morgan fingerprint density at radius 2 is 1.75 bits per heavy atom. The third kappa shape index (κ3) is 4.96. The second-order valence-corrected chi connectivity index (χ2v) is 7.88. The molecule has 0 spiro atoms. The van der Waals surface area contributed by atoms with Gasteiger partial charge in [0.2, 0.25) is 0 Å². The molecule has 0 aliphatic carbocycles. The van der Waals surface area contributed by atoms with E-state index in [0.717, 1.165) is 17.0 Å². The number of nitrogens with one attached hydrogen (secondary N) is 1. The van der Waals surface area contributed by atoms with Gasteiger partial charge in [0.05, 0.1) is 18.5 Å². The van der Waals surface area contributed by atoms with Crippen molar-refractivity contribution in [2.45, 2.75) is 32.7 Å². The Labute approximate surface area is 187 Å². The third-order valence-corrected chi connectivity index (χ3v) is 5.56. The molecule has 2 heterocycles. The van der Waals surface area contributed by atoms with Gasteiger partial charge in [-0.15, -0.1) is 5.10 Å². The van der Waals surface area contributed by atoms with Gasteiger partial charge in [0, 0.05) is 24.7 Å². The van der Waals surface area contributed by atoms with Crippen LogP contribution in [0.5, 0.6) is 5.75 Å². The van der Waals surface area contributed by atoms with Crippen LogP contribution >= 0.6 is 0 Å². The van der Waals surface area contributed by atoms with Crippen LogP contribution in [0.1, 0.15) is 46.2 Å². The Morgan fingerprint density at radius 3 is 2.41 bits per heavy atom. The fourth-order valence-corrected chi connectivity index (χ4v) is 3.71. The van der Waals surface area contributed by atoms with E-state index >= 15 is 0 Å². The van der Waals surface area contributed by atoms with Gasteiger partial charge in [-0.05, 0) is 63.1 Å². The van der Waals surface area contributed by atoms with E-state index in [9.17, 15) is 9.59 Å². The maximum absolute atomic E-state index is 12.9. The molecule has 2 aromatic carbocycles. The largest absolute Gasteiger partial charge is 0.494 e. The number of hydrogen-bond acceptors (Lipinski definition) is 5. The molecule has 3 aromatic rings. The Kier molecular flexibility index (Phi) is 6.49. The topological polar surface area (TPSA) is 89.4 Å². The van der Waals surface area contributed by atoms with E-state index in [2.05, 4.69) is 15.6 Å². The molecule has 8 nitrogen and oxygen atoms in total. The molecule has 0 bridgehead atoms. The molecule has 1 fully saturated rings. The number of aromatic nitrogens is 3. The highest BCUT2D eigenvalue weighted by Crippen LogP contribution is 2.17. The molecule has 0 saturated carbocycles. The zero-order valence-corrected chi connectivity index (χ0v) is 18.3. The average molecular weight is 434 g/mol. The maximum atomic E-state index is 12.9. The van der Waals surface area contributed by atoms with Gasteiger partial charge in [-0.1, -0.05) is 22.9 Å². The number of piperidine rings is 1. The zero-order valence-electron chi connectivity index (χ0n) is 18.3. The summed E-state index contributed by atoms with van der Waals surface area (Å²) in [5.74, 6) is 0.559. The predicted octanol–water partition coefficient (Wildman–Crippen LogP) is 3.01. The SMILES string of the molecule is CCOc1ccc(-n2cc(C(=O)N3CCC(NC(=O)c4ccc(C)cc4)CC3)nn2)cc1. The highest BCUT2D eigenvalue weighted by atomic mass is 16.5. The molecular formula is C24H27N5O3. The molecule has 166 valence electrons. The van der Waals surface area contributed by atoms with Crippen LogP contribution < -0.4 is 10.1 Å². The first-order chi connectivity index (χ1) is 15.5. The van der Waals surface area contributed by atoms with Crippen LogP contribution in [0.4, 0.5) is 0 Å². The van der Waals surface area contributed by atoms with Crippen molar-refractivity contribution in [3.05, 3.63) is 71.5 Å². The summed E-state index contributed by atoms with van der Waals surface area (Å²) in [6.45, 7) is 5.66. The van der Waals surface area contributed by atoms with Crippen LogP contribution in [0.15, 0.2) is 54.7 Å². The number of carbonyl (C=O) groups is 2. The summed E-state index contributed by atoms with van der Waals surface area (Å²) in [5.41, 5.74) is 2.88. The summed E-state index contributed by atoms with van der Waals surface area (Å²) >= 11 is 0. The lowest BCUT2D eigenvalue weighted by molar-refractivity contribution is 0.0692. The van der Waals surface area contributed by atoms with Crippen molar-refractivity contribution in [2.24, 2.45) is 0 Å². The smallest absolute Gasteiger partial charge is 0.276 e. The summed E-state index contributed by atoms with van der Waals surface area (Å²) in [4.78, 5) is 27.1. The van der Waals surface area contributed by atoms with E-state index in [0.29, 0.717) is 43.8 Å². The molecule has 0 unspecified atom stereocenters. The zero-order chi connectivity index (χ0) is 22.5. The highest BCUT2D eigenvalue weighted by molar-refractivity contribution is 5.94. The number of nitrogens with zero attached hydrogens (tertiary/aromatic N) is 4. The highest BCUT2D eigenvalue weighted by Gasteiger charge is 2.26. The van der Waals surface area contributed by atoms with Crippen molar-refractivity contribution in [3.8, 4) is 11.4 Å². The maximum Gasteiger partial charge on any atom is 0.276 e. The number of likely N-dealkylation sites (tertiary alicyclic amines) is 1. The molecule has 4 rings (SSSR count). The van der Waals surface area contributed by atoms with Gasteiger partial charge in [-0.3, -0.25) is 9.59 Å². The Bertz CT molecular complexity index is 1070. The molecule has 8 heteroatoms. The fraction of sp³-hybridized carbons (Fsp3) is 0.333. The summed E-state index contributed by atoms with van der Waals surface area (Å²) in [6, 6.07) is 15.0. The van der Waals surface area contributed by atoms with Crippen molar-refractivity contribution >= 4 is 11.8 Å². The molecule has 1 aromatic heterocycles. The van der Waals surface area contributed by atoms with Gasteiger partial charge in [0.1, 0.15) is 5.75 Å². The van der Waals surface area contributed by atoms with Crippen molar-refractivity contribution < 1.29 is 14.3 Å².